The first kappa shape index (κ1) is 18.6. The van der Waals surface area contributed by atoms with Gasteiger partial charge in [0.25, 0.3) is 5.91 Å². The largest absolute Gasteiger partial charge is 0.497 e. The molecule has 8 heteroatoms. The Labute approximate surface area is 160 Å². The van der Waals surface area contributed by atoms with E-state index in [0.717, 1.165) is 5.69 Å². The average molecular weight is 387 g/mol. The third kappa shape index (κ3) is 4.71. The molecule has 0 bridgehead atoms. The van der Waals surface area contributed by atoms with Crippen LogP contribution in [0.5, 0.6) is 5.75 Å². The Morgan fingerprint density at radius 3 is 2.67 bits per heavy atom. The molecule has 0 saturated heterocycles. The van der Waals surface area contributed by atoms with Gasteiger partial charge in [0.1, 0.15) is 28.9 Å². The molecule has 0 aliphatic rings. The van der Waals surface area contributed by atoms with Gasteiger partial charge in [-0.15, -0.1) is 0 Å². The first-order valence-corrected chi connectivity index (χ1v) is 8.35. The monoisotopic (exact) mass is 386 g/mol. The van der Waals surface area contributed by atoms with E-state index in [1.54, 1.807) is 20.1 Å². The summed E-state index contributed by atoms with van der Waals surface area (Å²) in [5, 5.41) is 5.67. The second-order valence-corrected chi connectivity index (χ2v) is 6.03. The van der Waals surface area contributed by atoms with Crippen LogP contribution in [-0.4, -0.2) is 23.0 Å². The number of methoxy groups -OCH3 is 1. The maximum atomic E-state index is 13.2. The average Bonchev–Trinajstić information content (AvgIpc) is 2.64. The molecule has 0 atom stereocenters. The number of nitrogens with one attached hydrogen (secondary N) is 2. The van der Waals surface area contributed by atoms with Gasteiger partial charge in [0, 0.05) is 23.5 Å². The Bertz CT molecular complexity index is 997. The highest BCUT2D eigenvalue weighted by Crippen LogP contribution is 2.22. The van der Waals surface area contributed by atoms with E-state index >= 15 is 0 Å². The van der Waals surface area contributed by atoms with Crippen LogP contribution in [0.4, 0.5) is 21.6 Å². The number of hydrogen-bond acceptors (Lipinski definition) is 5. The fourth-order valence-corrected chi connectivity index (χ4v) is 2.55. The Morgan fingerprint density at radius 1 is 1.11 bits per heavy atom. The van der Waals surface area contributed by atoms with Crippen LogP contribution >= 0.6 is 11.6 Å². The highest BCUT2D eigenvalue weighted by atomic mass is 35.5. The first-order valence-electron chi connectivity index (χ1n) is 7.98. The lowest BCUT2D eigenvalue weighted by Gasteiger charge is -2.10. The van der Waals surface area contributed by atoms with Crippen LogP contribution in [0.2, 0.25) is 5.02 Å². The van der Waals surface area contributed by atoms with Crippen molar-refractivity contribution in [3.05, 3.63) is 70.9 Å². The van der Waals surface area contributed by atoms with E-state index in [4.69, 9.17) is 16.3 Å². The smallest absolute Gasteiger partial charge is 0.274 e. The van der Waals surface area contributed by atoms with Gasteiger partial charge in [-0.25, -0.2) is 14.4 Å². The number of carbonyl (C=O) groups is 1. The normalized spacial score (nSPS) is 10.4. The SMILES string of the molecule is COc1cccc(Nc2cc(C(=O)Nc3ccc(F)c(Cl)c3)nc(C)n2)c1. The van der Waals surface area contributed by atoms with Gasteiger partial charge in [-0.1, -0.05) is 17.7 Å². The molecule has 3 aromatic rings. The summed E-state index contributed by atoms with van der Waals surface area (Å²) in [4.78, 5) is 20.9. The van der Waals surface area contributed by atoms with E-state index in [1.807, 2.05) is 18.2 Å². The minimum atomic E-state index is -0.558. The second kappa shape index (κ2) is 8.01. The number of hydrogen-bond donors (Lipinski definition) is 2. The second-order valence-electron chi connectivity index (χ2n) is 5.63. The molecule has 0 spiro atoms. The first-order chi connectivity index (χ1) is 12.9. The van der Waals surface area contributed by atoms with Crippen molar-refractivity contribution in [3.8, 4) is 5.75 Å². The number of halogens is 2. The Balaban J connectivity index is 1.81. The number of anilines is 3. The van der Waals surface area contributed by atoms with Crippen molar-refractivity contribution < 1.29 is 13.9 Å². The molecule has 0 aliphatic carbocycles. The van der Waals surface area contributed by atoms with Crippen LogP contribution in [0.1, 0.15) is 16.3 Å². The number of benzene rings is 2. The van der Waals surface area contributed by atoms with Crippen molar-refractivity contribution >= 4 is 34.7 Å². The minimum absolute atomic E-state index is 0.0768. The highest BCUT2D eigenvalue weighted by molar-refractivity contribution is 6.31. The molecule has 0 aliphatic heterocycles. The zero-order valence-electron chi connectivity index (χ0n) is 14.6. The van der Waals surface area contributed by atoms with Crippen molar-refractivity contribution in [1.29, 1.82) is 0 Å². The summed E-state index contributed by atoms with van der Waals surface area (Å²) in [6.07, 6.45) is 0. The predicted molar refractivity (Wildman–Crippen MR) is 102 cm³/mol. The van der Waals surface area contributed by atoms with Crippen molar-refractivity contribution in [3.63, 3.8) is 0 Å². The van der Waals surface area contributed by atoms with E-state index in [9.17, 15) is 9.18 Å². The number of carbonyl (C=O) groups excluding carboxylic acids is 1. The fraction of sp³-hybridized carbons (Fsp3) is 0.105. The van der Waals surface area contributed by atoms with Gasteiger partial charge in [0.15, 0.2) is 0 Å². The molecule has 0 radical (unpaired) electrons. The summed E-state index contributed by atoms with van der Waals surface area (Å²) in [6, 6.07) is 12.8. The number of aromatic nitrogens is 2. The van der Waals surface area contributed by atoms with E-state index in [1.165, 1.54) is 24.3 Å². The number of rotatable bonds is 5. The van der Waals surface area contributed by atoms with Gasteiger partial charge in [0.2, 0.25) is 0 Å². The zero-order chi connectivity index (χ0) is 19.4. The lowest BCUT2D eigenvalue weighted by Crippen LogP contribution is -2.15. The Kier molecular flexibility index (Phi) is 5.52. The Hall–Kier alpha value is -3.19. The summed E-state index contributed by atoms with van der Waals surface area (Å²) in [5.41, 5.74) is 1.28. The maximum absolute atomic E-state index is 13.2. The molecule has 1 amide bonds. The van der Waals surface area contributed by atoms with Gasteiger partial charge >= 0.3 is 0 Å². The van der Waals surface area contributed by atoms with Crippen molar-refractivity contribution in [1.82, 2.24) is 9.97 Å². The number of amides is 1. The van der Waals surface area contributed by atoms with Crippen LogP contribution < -0.4 is 15.4 Å². The molecule has 0 saturated carbocycles. The van der Waals surface area contributed by atoms with Crippen LogP contribution in [0.3, 0.4) is 0 Å². The van der Waals surface area contributed by atoms with Gasteiger partial charge in [-0.05, 0) is 37.3 Å². The van der Waals surface area contributed by atoms with Crippen molar-refractivity contribution in [2.24, 2.45) is 0 Å². The minimum Gasteiger partial charge on any atom is -0.497 e. The van der Waals surface area contributed by atoms with E-state index in [2.05, 4.69) is 20.6 Å². The summed E-state index contributed by atoms with van der Waals surface area (Å²) < 4.78 is 18.4. The molecule has 3 rings (SSSR count). The number of aryl methyl sites for hydroxylation is 1. The molecule has 0 fully saturated rings. The molecular weight excluding hydrogens is 371 g/mol. The maximum Gasteiger partial charge on any atom is 0.274 e. The lowest BCUT2D eigenvalue weighted by atomic mass is 10.2. The zero-order valence-corrected chi connectivity index (χ0v) is 15.3. The molecule has 1 aromatic heterocycles. The lowest BCUT2D eigenvalue weighted by molar-refractivity contribution is 0.102. The molecule has 6 nitrogen and oxygen atoms in total. The van der Waals surface area contributed by atoms with E-state index < -0.39 is 11.7 Å². The van der Waals surface area contributed by atoms with Crippen LogP contribution in [0, 0.1) is 12.7 Å². The number of nitrogens with zero attached hydrogens (tertiary/aromatic N) is 2. The van der Waals surface area contributed by atoms with Crippen molar-refractivity contribution in [2.75, 3.05) is 17.7 Å². The fourth-order valence-electron chi connectivity index (χ4n) is 2.37. The van der Waals surface area contributed by atoms with E-state index in [0.29, 0.717) is 23.1 Å². The van der Waals surface area contributed by atoms with Gasteiger partial charge in [-0.2, -0.15) is 0 Å². The standard InChI is InChI=1S/C19H16ClFN4O2/c1-11-22-17(19(26)25-13-6-7-16(21)15(20)9-13)10-18(23-11)24-12-4-3-5-14(8-12)27-2/h3-10H,1-2H3,(H,25,26)(H,22,23,24). The van der Waals surface area contributed by atoms with Gasteiger partial charge < -0.3 is 15.4 Å². The summed E-state index contributed by atoms with van der Waals surface area (Å²) >= 11 is 5.74. The topological polar surface area (TPSA) is 76.1 Å². The molecule has 1 heterocycles. The third-order valence-corrected chi connectivity index (χ3v) is 3.88. The van der Waals surface area contributed by atoms with Crippen LogP contribution in [0.25, 0.3) is 0 Å². The predicted octanol–water partition coefficient (Wildman–Crippen LogP) is 4.58. The quantitative estimate of drug-likeness (QED) is 0.671. The summed E-state index contributed by atoms with van der Waals surface area (Å²) in [6.45, 7) is 1.68. The van der Waals surface area contributed by atoms with Gasteiger partial charge in [-0.3, -0.25) is 4.79 Å². The summed E-state index contributed by atoms with van der Waals surface area (Å²) in [5.74, 6) is 0.550. The van der Waals surface area contributed by atoms with Crippen LogP contribution in [0.15, 0.2) is 48.5 Å². The molecule has 138 valence electrons. The number of ether oxygens (including phenoxy) is 1. The molecule has 2 N–H and O–H groups in total. The Morgan fingerprint density at radius 2 is 1.93 bits per heavy atom. The van der Waals surface area contributed by atoms with Gasteiger partial charge in [0.05, 0.1) is 12.1 Å². The summed E-state index contributed by atoms with van der Waals surface area (Å²) in [7, 11) is 1.58. The third-order valence-electron chi connectivity index (χ3n) is 3.59. The molecule has 27 heavy (non-hydrogen) atoms. The van der Waals surface area contributed by atoms with Crippen LogP contribution in [-0.2, 0) is 0 Å². The molecule has 2 aromatic carbocycles. The molecule has 0 unspecified atom stereocenters. The molecular formula is C19H16ClFN4O2. The highest BCUT2D eigenvalue weighted by Gasteiger charge is 2.12. The van der Waals surface area contributed by atoms with Crippen molar-refractivity contribution in [2.45, 2.75) is 6.92 Å². The van der Waals surface area contributed by atoms with E-state index in [-0.39, 0.29) is 10.7 Å².